The summed E-state index contributed by atoms with van der Waals surface area (Å²) < 4.78 is 64.3. The fraction of sp³-hybridized carbons (Fsp3) is 0.368. The van der Waals surface area contributed by atoms with Gasteiger partial charge in [0, 0.05) is 12.4 Å². The molecule has 1 aliphatic rings. The first-order valence-corrected chi connectivity index (χ1v) is 10.5. The average Bonchev–Trinajstić information content (AvgIpc) is 3.02. The van der Waals surface area contributed by atoms with Gasteiger partial charge < -0.3 is 0 Å². The number of carbonyl (C=O) groups excluding carboxylic acids is 1. The zero-order valence-corrected chi connectivity index (χ0v) is 17.1. The van der Waals surface area contributed by atoms with Gasteiger partial charge in [0.2, 0.25) is 0 Å². The third-order valence-electron chi connectivity index (χ3n) is 4.89. The number of halogens is 3. The van der Waals surface area contributed by atoms with E-state index in [-0.39, 0.29) is 34.3 Å². The standard InChI is InChI=1S/C19H17F3N4O3S/c1-4-30(28,29)15-6-11(18(2,3)10-23)7-25-16(15)26-9-14-13(17(26)27)5-12(8-24-14)19(20,21)22/h5-8H,4,9H2,1-3H3. The third kappa shape index (κ3) is 3.63. The number of fused-ring (bicyclic) bond motifs is 1. The van der Waals surface area contributed by atoms with Crippen molar-refractivity contribution < 1.29 is 26.4 Å². The van der Waals surface area contributed by atoms with Gasteiger partial charge in [-0.1, -0.05) is 6.92 Å². The summed E-state index contributed by atoms with van der Waals surface area (Å²) in [6.07, 6.45) is -2.75. The maximum Gasteiger partial charge on any atom is 0.417 e. The van der Waals surface area contributed by atoms with Crippen molar-refractivity contribution in [2.24, 2.45) is 0 Å². The zero-order valence-electron chi connectivity index (χ0n) is 16.3. The molecular formula is C19H17F3N4O3S. The second-order valence-corrected chi connectivity index (χ2v) is 9.54. The summed E-state index contributed by atoms with van der Waals surface area (Å²) >= 11 is 0. The first-order valence-electron chi connectivity index (χ1n) is 8.84. The monoisotopic (exact) mass is 438 g/mol. The molecule has 2 aromatic heterocycles. The summed E-state index contributed by atoms with van der Waals surface area (Å²) in [5.41, 5.74) is -1.94. The maximum atomic E-state index is 13.0. The normalized spacial score (nSPS) is 14.6. The summed E-state index contributed by atoms with van der Waals surface area (Å²) in [7, 11) is -3.87. The number of rotatable bonds is 4. The fourth-order valence-corrected chi connectivity index (χ4v) is 3.99. The van der Waals surface area contributed by atoms with Crippen molar-refractivity contribution in [3.63, 3.8) is 0 Å². The number of pyridine rings is 2. The molecule has 0 saturated heterocycles. The number of hydrogen-bond acceptors (Lipinski definition) is 6. The van der Waals surface area contributed by atoms with Crippen LogP contribution in [0, 0.1) is 11.3 Å². The Morgan fingerprint density at radius 2 is 1.80 bits per heavy atom. The van der Waals surface area contributed by atoms with Crippen LogP contribution in [0.3, 0.4) is 0 Å². The SMILES string of the molecule is CCS(=O)(=O)c1cc(C(C)(C)C#N)cnc1N1Cc2ncc(C(F)(F)F)cc2C1=O. The minimum Gasteiger partial charge on any atom is -0.285 e. The molecule has 0 atom stereocenters. The molecule has 3 rings (SSSR count). The summed E-state index contributed by atoms with van der Waals surface area (Å²) in [6, 6.07) is 4.04. The number of hydrogen-bond donors (Lipinski definition) is 0. The Hall–Kier alpha value is -3.00. The van der Waals surface area contributed by atoms with Crippen LogP contribution in [-0.4, -0.2) is 30.0 Å². The predicted molar refractivity (Wildman–Crippen MR) is 100 cm³/mol. The van der Waals surface area contributed by atoms with Crippen LogP contribution < -0.4 is 4.90 Å². The van der Waals surface area contributed by atoms with E-state index in [4.69, 9.17) is 0 Å². The number of amides is 1. The summed E-state index contributed by atoms with van der Waals surface area (Å²) in [4.78, 5) is 21.4. The van der Waals surface area contributed by atoms with Gasteiger partial charge in [-0.2, -0.15) is 18.4 Å². The highest BCUT2D eigenvalue weighted by molar-refractivity contribution is 7.91. The lowest BCUT2D eigenvalue weighted by molar-refractivity contribution is -0.137. The molecule has 0 radical (unpaired) electrons. The Kier molecular flexibility index (Phi) is 5.10. The fourth-order valence-electron chi connectivity index (χ4n) is 2.93. The number of alkyl halides is 3. The quantitative estimate of drug-likeness (QED) is 0.726. The lowest BCUT2D eigenvalue weighted by atomic mass is 9.88. The van der Waals surface area contributed by atoms with E-state index in [9.17, 15) is 31.6 Å². The number of anilines is 1. The van der Waals surface area contributed by atoms with Crippen LogP contribution in [0.1, 0.15) is 48.0 Å². The Morgan fingerprint density at radius 3 is 2.37 bits per heavy atom. The molecule has 1 amide bonds. The van der Waals surface area contributed by atoms with E-state index >= 15 is 0 Å². The number of nitriles is 1. The van der Waals surface area contributed by atoms with Crippen molar-refractivity contribution in [2.75, 3.05) is 10.7 Å². The molecule has 0 spiro atoms. The molecule has 11 heteroatoms. The average molecular weight is 438 g/mol. The molecule has 2 aromatic rings. The smallest absolute Gasteiger partial charge is 0.285 e. The minimum absolute atomic E-state index is 0.0936. The van der Waals surface area contributed by atoms with Crippen LogP contribution in [0.4, 0.5) is 19.0 Å². The predicted octanol–water partition coefficient (Wildman–Crippen LogP) is 3.25. The second kappa shape index (κ2) is 7.05. The molecule has 0 bridgehead atoms. The molecule has 0 aromatic carbocycles. The highest BCUT2D eigenvalue weighted by Crippen LogP contribution is 2.36. The molecule has 30 heavy (non-hydrogen) atoms. The molecule has 7 nitrogen and oxygen atoms in total. The van der Waals surface area contributed by atoms with Crippen molar-refractivity contribution in [1.82, 2.24) is 9.97 Å². The number of nitrogens with zero attached hydrogens (tertiary/aromatic N) is 4. The summed E-state index contributed by atoms with van der Waals surface area (Å²) in [5, 5.41) is 9.34. The van der Waals surface area contributed by atoms with Gasteiger partial charge in [-0.15, -0.1) is 0 Å². The molecular weight excluding hydrogens is 421 g/mol. The van der Waals surface area contributed by atoms with Crippen LogP contribution in [0.15, 0.2) is 29.4 Å². The highest BCUT2D eigenvalue weighted by atomic mass is 32.2. The van der Waals surface area contributed by atoms with E-state index in [0.29, 0.717) is 17.8 Å². The van der Waals surface area contributed by atoms with Gasteiger partial charge in [0.15, 0.2) is 15.7 Å². The first-order chi connectivity index (χ1) is 13.8. The molecule has 158 valence electrons. The third-order valence-corrected chi connectivity index (χ3v) is 6.62. The van der Waals surface area contributed by atoms with Crippen molar-refractivity contribution in [1.29, 1.82) is 5.26 Å². The lowest BCUT2D eigenvalue weighted by Gasteiger charge is -2.22. The molecule has 0 fully saturated rings. The van der Waals surface area contributed by atoms with Gasteiger partial charge in [-0.25, -0.2) is 13.4 Å². The van der Waals surface area contributed by atoms with E-state index in [1.807, 2.05) is 0 Å². The highest BCUT2D eigenvalue weighted by Gasteiger charge is 2.38. The van der Waals surface area contributed by atoms with Gasteiger partial charge in [0.05, 0.1) is 40.6 Å². The second-order valence-electron chi connectivity index (χ2n) is 7.29. The Balaban J connectivity index is 2.14. The Labute approximate surface area is 171 Å². The van der Waals surface area contributed by atoms with Crippen LogP contribution in [0.2, 0.25) is 0 Å². The molecule has 1 aliphatic heterocycles. The molecule has 0 unspecified atom stereocenters. The van der Waals surface area contributed by atoms with E-state index in [1.165, 1.54) is 19.2 Å². The molecule has 3 heterocycles. The molecule has 0 aliphatic carbocycles. The molecule has 0 N–H and O–H groups in total. The number of carbonyl (C=O) groups is 1. The van der Waals surface area contributed by atoms with E-state index < -0.39 is 32.9 Å². The van der Waals surface area contributed by atoms with E-state index in [2.05, 4.69) is 16.0 Å². The summed E-state index contributed by atoms with van der Waals surface area (Å²) in [6.45, 7) is 4.38. The first kappa shape index (κ1) is 21.7. The van der Waals surface area contributed by atoms with Gasteiger partial charge in [0.25, 0.3) is 5.91 Å². The van der Waals surface area contributed by atoms with Gasteiger partial charge in [-0.05, 0) is 31.5 Å². The van der Waals surface area contributed by atoms with E-state index in [1.54, 1.807) is 13.8 Å². The van der Waals surface area contributed by atoms with Crippen LogP contribution in [0.25, 0.3) is 0 Å². The Morgan fingerprint density at radius 1 is 1.17 bits per heavy atom. The topological polar surface area (TPSA) is 104 Å². The Bertz CT molecular complexity index is 1180. The van der Waals surface area contributed by atoms with Gasteiger partial charge in [-0.3, -0.25) is 14.7 Å². The van der Waals surface area contributed by atoms with Crippen LogP contribution in [-0.2, 0) is 28.0 Å². The largest absolute Gasteiger partial charge is 0.417 e. The lowest BCUT2D eigenvalue weighted by Crippen LogP contribution is -2.27. The van der Waals surface area contributed by atoms with Crippen molar-refractivity contribution in [3.05, 3.63) is 46.9 Å². The number of sulfone groups is 1. The minimum atomic E-state index is -4.67. The molecule has 0 saturated carbocycles. The zero-order chi connectivity index (χ0) is 22.5. The van der Waals surface area contributed by atoms with E-state index in [0.717, 1.165) is 4.90 Å². The van der Waals surface area contributed by atoms with Crippen molar-refractivity contribution >= 4 is 21.6 Å². The van der Waals surface area contributed by atoms with Crippen molar-refractivity contribution in [3.8, 4) is 6.07 Å². The summed E-state index contributed by atoms with van der Waals surface area (Å²) in [5.74, 6) is -1.31. The number of aromatic nitrogens is 2. The van der Waals surface area contributed by atoms with Gasteiger partial charge in [0.1, 0.15) is 4.90 Å². The van der Waals surface area contributed by atoms with Crippen LogP contribution >= 0.6 is 0 Å². The van der Waals surface area contributed by atoms with Gasteiger partial charge >= 0.3 is 6.18 Å². The maximum absolute atomic E-state index is 13.0. The van der Waals surface area contributed by atoms with Crippen LogP contribution in [0.5, 0.6) is 0 Å². The van der Waals surface area contributed by atoms with Crippen molar-refractivity contribution in [2.45, 2.75) is 43.8 Å².